The third-order valence-electron chi connectivity index (χ3n) is 5.84. The number of rotatable bonds is 3. The molecule has 140 valence electrons. The van der Waals surface area contributed by atoms with Crippen molar-refractivity contribution in [2.24, 2.45) is 5.92 Å². The Morgan fingerprint density at radius 1 is 1.23 bits per heavy atom. The first-order valence-electron chi connectivity index (χ1n) is 9.00. The van der Waals surface area contributed by atoms with Crippen LogP contribution in [0, 0.1) is 5.92 Å². The van der Waals surface area contributed by atoms with Crippen molar-refractivity contribution in [3.63, 3.8) is 0 Å². The SMILES string of the molecule is CN1C[C@@H](O)C[C@H](C(=O)O)[C@@]1(C)C(=O)N1CC=C(c2ccccc2)CC1. The molecule has 3 rings (SSSR count). The van der Waals surface area contributed by atoms with E-state index < -0.39 is 23.5 Å². The van der Waals surface area contributed by atoms with Gasteiger partial charge in [0.1, 0.15) is 5.54 Å². The average molecular weight is 358 g/mol. The zero-order valence-electron chi connectivity index (χ0n) is 15.3. The second-order valence-corrected chi connectivity index (χ2v) is 7.40. The standard InChI is InChI=1S/C20H26N2O4/c1-20(17(18(24)25)12-16(23)13-21(20)2)19(26)22-10-8-15(9-11-22)14-6-4-3-5-7-14/h3-8,16-17,23H,9-13H2,1-2H3,(H,24,25)/t16-,17+,20-/m0/s1. The maximum atomic E-state index is 13.3. The predicted molar refractivity (Wildman–Crippen MR) is 98.4 cm³/mol. The largest absolute Gasteiger partial charge is 0.481 e. The second-order valence-electron chi connectivity index (χ2n) is 7.40. The van der Waals surface area contributed by atoms with Crippen LogP contribution < -0.4 is 0 Å². The number of carbonyl (C=O) groups excluding carboxylic acids is 1. The minimum atomic E-state index is -1.15. The van der Waals surface area contributed by atoms with Gasteiger partial charge in [0.15, 0.2) is 0 Å². The second kappa shape index (κ2) is 7.21. The Morgan fingerprint density at radius 3 is 2.50 bits per heavy atom. The van der Waals surface area contributed by atoms with Gasteiger partial charge in [-0.1, -0.05) is 36.4 Å². The highest BCUT2D eigenvalue weighted by atomic mass is 16.4. The molecular weight excluding hydrogens is 332 g/mol. The van der Waals surface area contributed by atoms with Gasteiger partial charge in [0.25, 0.3) is 0 Å². The number of carboxylic acids is 1. The normalized spacial score (nSPS) is 30.0. The molecule has 0 bridgehead atoms. The summed E-state index contributed by atoms with van der Waals surface area (Å²) < 4.78 is 0. The van der Waals surface area contributed by atoms with Crippen molar-refractivity contribution in [3.05, 3.63) is 42.0 Å². The molecule has 6 heteroatoms. The van der Waals surface area contributed by atoms with Crippen LogP contribution in [0.3, 0.4) is 0 Å². The van der Waals surface area contributed by atoms with Crippen LogP contribution in [-0.2, 0) is 9.59 Å². The number of nitrogens with zero attached hydrogens (tertiary/aromatic N) is 2. The van der Waals surface area contributed by atoms with Gasteiger partial charge in [-0.15, -0.1) is 0 Å². The fraction of sp³-hybridized carbons (Fsp3) is 0.500. The molecule has 2 aliphatic heterocycles. The highest BCUT2D eigenvalue weighted by Crippen LogP contribution is 2.35. The monoisotopic (exact) mass is 358 g/mol. The Balaban J connectivity index is 1.80. The van der Waals surface area contributed by atoms with Gasteiger partial charge in [0.05, 0.1) is 12.0 Å². The quantitative estimate of drug-likeness (QED) is 0.855. The fourth-order valence-electron chi connectivity index (χ4n) is 4.09. The Bertz CT molecular complexity index is 718. The lowest BCUT2D eigenvalue weighted by atomic mass is 9.75. The molecule has 1 aromatic rings. The summed E-state index contributed by atoms with van der Waals surface area (Å²) in [5.74, 6) is -2.14. The fourth-order valence-corrected chi connectivity index (χ4v) is 4.09. The Labute approximate surface area is 153 Å². The van der Waals surface area contributed by atoms with E-state index >= 15 is 0 Å². The van der Waals surface area contributed by atoms with Crippen LogP contribution in [0.2, 0.25) is 0 Å². The van der Waals surface area contributed by atoms with Crippen molar-refractivity contribution >= 4 is 17.4 Å². The smallest absolute Gasteiger partial charge is 0.309 e. The summed E-state index contributed by atoms with van der Waals surface area (Å²) in [5, 5.41) is 19.6. The average Bonchev–Trinajstić information content (AvgIpc) is 2.64. The number of carboxylic acid groups (broad SMARTS) is 1. The third-order valence-corrected chi connectivity index (χ3v) is 5.84. The van der Waals surface area contributed by atoms with Crippen molar-refractivity contribution in [1.82, 2.24) is 9.80 Å². The van der Waals surface area contributed by atoms with Gasteiger partial charge in [0, 0.05) is 19.6 Å². The summed E-state index contributed by atoms with van der Waals surface area (Å²) in [7, 11) is 1.71. The van der Waals surface area contributed by atoms with E-state index in [1.54, 1.807) is 23.8 Å². The molecule has 1 amide bonds. The van der Waals surface area contributed by atoms with E-state index in [-0.39, 0.29) is 12.3 Å². The van der Waals surface area contributed by atoms with E-state index in [2.05, 4.69) is 12.1 Å². The van der Waals surface area contributed by atoms with Crippen LogP contribution >= 0.6 is 0 Å². The van der Waals surface area contributed by atoms with E-state index in [4.69, 9.17) is 0 Å². The Hall–Kier alpha value is -2.18. The number of carbonyl (C=O) groups is 2. The van der Waals surface area contributed by atoms with E-state index in [0.717, 1.165) is 12.0 Å². The Morgan fingerprint density at radius 2 is 1.92 bits per heavy atom. The van der Waals surface area contributed by atoms with Crippen molar-refractivity contribution in [2.45, 2.75) is 31.4 Å². The summed E-state index contributed by atoms with van der Waals surface area (Å²) in [6.45, 7) is 3.03. The summed E-state index contributed by atoms with van der Waals surface area (Å²) in [6, 6.07) is 10.1. The molecular formula is C20H26N2O4. The van der Waals surface area contributed by atoms with Crippen molar-refractivity contribution < 1.29 is 19.8 Å². The number of aliphatic hydroxyl groups is 1. The number of piperidine rings is 1. The van der Waals surface area contributed by atoms with Gasteiger partial charge < -0.3 is 15.1 Å². The number of β-amino-alcohol motifs (C(OH)–C–C–N with tert-alkyl or cyclic N) is 1. The highest BCUT2D eigenvalue weighted by Gasteiger charge is 2.53. The van der Waals surface area contributed by atoms with Crippen molar-refractivity contribution in [2.75, 3.05) is 26.7 Å². The van der Waals surface area contributed by atoms with Gasteiger partial charge in [-0.25, -0.2) is 0 Å². The first-order valence-corrected chi connectivity index (χ1v) is 9.00. The maximum absolute atomic E-state index is 13.3. The number of hydrogen-bond donors (Lipinski definition) is 2. The van der Waals surface area contributed by atoms with Gasteiger partial charge in [-0.05, 0) is 37.9 Å². The summed E-state index contributed by atoms with van der Waals surface area (Å²) in [6.07, 6.45) is 2.16. The lowest BCUT2D eigenvalue weighted by molar-refractivity contribution is -0.167. The Kier molecular flexibility index (Phi) is 5.16. The summed E-state index contributed by atoms with van der Waals surface area (Å²) >= 11 is 0. The van der Waals surface area contributed by atoms with Crippen LogP contribution in [0.1, 0.15) is 25.3 Å². The van der Waals surface area contributed by atoms with Crippen molar-refractivity contribution in [1.29, 1.82) is 0 Å². The van der Waals surface area contributed by atoms with Crippen LogP contribution in [0.5, 0.6) is 0 Å². The molecule has 2 aliphatic rings. The zero-order valence-corrected chi connectivity index (χ0v) is 15.3. The van der Waals surface area contributed by atoms with Gasteiger partial charge in [0.2, 0.25) is 5.91 Å². The number of amides is 1. The molecule has 2 heterocycles. The zero-order chi connectivity index (χ0) is 18.9. The first kappa shape index (κ1) is 18.6. The lowest BCUT2D eigenvalue weighted by Gasteiger charge is -2.49. The maximum Gasteiger partial charge on any atom is 0.309 e. The number of hydrogen-bond acceptors (Lipinski definition) is 4. The molecule has 1 aromatic carbocycles. The molecule has 0 saturated carbocycles. The molecule has 26 heavy (non-hydrogen) atoms. The molecule has 6 nitrogen and oxygen atoms in total. The van der Waals surface area contributed by atoms with Gasteiger partial charge in [-0.2, -0.15) is 0 Å². The number of aliphatic carboxylic acids is 1. The molecule has 1 fully saturated rings. The van der Waals surface area contributed by atoms with E-state index in [1.807, 2.05) is 24.3 Å². The van der Waals surface area contributed by atoms with Crippen LogP contribution in [0.15, 0.2) is 36.4 Å². The topological polar surface area (TPSA) is 81.1 Å². The molecule has 3 atom stereocenters. The molecule has 2 N–H and O–H groups in total. The lowest BCUT2D eigenvalue weighted by Crippen LogP contribution is -2.67. The van der Waals surface area contributed by atoms with E-state index in [1.165, 1.54) is 5.57 Å². The van der Waals surface area contributed by atoms with Crippen LogP contribution in [-0.4, -0.2) is 70.2 Å². The minimum absolute atomic E-state index is 0.0981. The minimum Gasteiger partial charge on any atom is -0.481 e. The first-order chi connectivity index (χ1) is 12.3. The van der Waals surface area contributed by atoms with E-state index in [9.17, 15) is 19.8 Å². The summed E-state index contributed by atoms with van der Waals surface area (Å²) in [4.78, 5) is 28.5. The number of benzene rings is 1. The molecule has 0 aromatic heterocycles. The molecule has 0 aliphatic carbocycles. The third kappa shape index (κ3) is 3.27. The number of aliphatic hydroxyl groups excluding tert-OH is 1. The van der Waals surface area contributed by atoms with Gasteiger partial charge >= 0.3 is 5.97 Å². The van der Waals surface area contributed by atoms with Crippen LogP contribution in [0.25, 0.3) is 5.57 Å². The summed E-state index contributed by atoms with van der Waals surface area (Å²) in [5.41, 5.74) is 1.22. The molecule has 1 saturated heterocycles. The highest BCUT2D eigenvalue weighted by molar-refractivity contribution is 5.92. The van der Waals surface area contributed by atoms with Crippen LogP contribution in [0.4, 0.5) is 0 Å². The van der Waals surface area contributed by atoms with Crippen molar-refractivity contribution in [3.8, 4) is 0 Å². The van der Waals surface area contributed by atoms with E-state index in [0.29, 0.717) is 19.6 Å². The number of likely N-dealkylation sites (tertiary alicyclic amines) is 1. The number of likely N-dealkylation sites (N-methyl/N-ethyl adjacent to an activating group) is 1. The predicted octanol–water partition coefficient (Wildman–Crippen LogP) is 1.46. The van der Waals surface area contributed by atoms with Gasteiger partial charge in [-0.3, -0.25) is 14.5 Å². The molecule has 0 unspecified atom stereocenters. The molecule has 0 radical (unpaired) electrons. The molecule has 0 spiro atoms.